The van der Waals surface area contributed by atoms with E-state index in [0.29, 0.717) is 31.1 Å². The summed E-state index contributed by atoms with van der Waals surface area (Å²) in [7, 11) is -4.01. The van der Waals surface area contributed by atoms with Crippen LogP contribution in [-0.4, -0.2) is 87.1 Å². The fourth-order valence-corrected chi connectivity index (χ4v) is 10.5. The van der Waals surface area contributed by atoms with Gasteiger partial charge >= 0.3 is 6.09 Å². The maximum Gasteiger partial charge on any atom is 0.412 e. The summed E-state index contributed by atoms with van der Waals surface area (Å²) in [4.78, 5) is 16.0. The van der Waals surface area contributed by atoms with Gasteiger partial charge in [0.15, 0.2) is 17.8 Å². The van der Waals surface area contributed by atoms with Crippen molar-refractivity contribution in [3.05, 3.63) is 83.2 Å². The van der Waals surface area contributed by atoms with E-state index in [4.69, 9.17) is 33.2 Å². The van der Waals surface area contributed by atoms with Crippen LogP contribution in [0.3, 0.4) is 0 Å². The second-order valence-corrected chi connectivity index (χ2v) is 18.0. The fraction of sp³-hybridized carbons (Fsp3) is 0.475. The molecule has 12 nitrogen and oxygen atoms in total. The first kappa shape index (κ1) is 37.0. The highest BCUT2D eigenvalue weighted by Gasteiger charge is 2.53. The molecular formula is C40H46N2O10S2. The molecule has 3 fully saturated rings. The average molecular weight is 779 g/mol. The molecule has 5 heterocycles. The highest BCUT2D eigenvalue weighted by molar-refractivity contribution is 7.89. The van der Waals surface area contributed by atoms with Crippen LogP contribution in [0.15, 0.2) is 77.0 Å². The largest absolute Gasteiger partial charge is 0.489 e. The van der Waals surface area contributed by atoms with Gasteiger partial charge in [-0.15, -0.1) is 11.3 Å². The summed E-state index contributed by atoms with van der Waals surface area (Å²) < 4.78 is 72.7. The monoisotopic (exact) mass is 778 g/mol. The second-order valence-electron chi connectivity index (χ2n) is 15.1. The van der Waals surface area contributed by atoms with Crippen LogP contribution in [0.4, 0.5) is 4.79 Å². The van der Waals surface area contributed by atoms with Gasteiger partial charge in [0, 0.05) is 29.4 Å². The summed E-state index contributed by atoms with van der Waals surface area (Å²) in [5.41, 5.74) is 0.947. The summed E-state index contributed by atoms with van der Waals surface area (Å²) in [6.07, 6.45) is -0.937. The Balaban J connectivity index is 1.05. The molecule has 288 valence electrons. The van der Waals surface area contributed by atoms with Gasteiger partial charge in [-0.25, -0.2) is 13.2 Å². The first-order chi connectivity index (χ1) is 26.0. The molecule has 54 heavy (non-hydrogen) atoms. The van der Waals surface area contributed by atoms with Gasteiger partial charge in [-0.2, -0.15) is 4.31 Å². The number of hydrogen-bond acceptors (Lipinski definition) is 11. The lowest BCUT2D eigenvalue weighted by Gasteiger charge is -2.34. The number of carbonyl (C=O) groups excluding carboxylic acids is 1. The maximum atomic E-state index is 14.3. The van der Waals surface area contributed by atoms with Crippen molar-refractivity contribution >= 4 is 37.5 Å². The molecule has 0 aliphatic carbocycles. The summed E-state index contributed by atoms with van der Waals surface area (Å²) in [5.74, 6) is 1.57. The Labute approximate surface area is 319 Å². The van der Waals surface area contributed by atoms with Gasteiger partial charge in [0.05, 0.1) is 36.2 Å². The Kier molecular flexibility index (Phi) is 10.3. The molecule has 5 atom stereocenters. The number of hydrogen-bond donors (Lipinski definition) is 0. The number of rotatable bonds is 12. The maximum absolute atomic E-state index is 14.3. The number of ether oxygens (including phenoxy) is 7. The van der Waals surface area contributed by atoms with Crippen molar-refractivity contribution in [2.75, 3.05) is 33.1 Å². The predicted molar refractivity (Wildman–Crippen MR) is 201 cm³/mol. The molecule has 0 N–H and O–H groups in total. The lowest BCUT2D eigenvalue weighted by molar-refractivity contribution is -0.0911. The summed E-state index contributed by atoms with van der Waals surface area (Å²) in [5, 5.41) is 3.31. The molecule has 1 amide bonds. The molecule has 3 saturated heterocycles. The van der Waals surface area contributed by atoms with Crippen LogP contribution in [0.5, 0.6) is 17.2 Å². The van der Waals surface area contributed by atoms with Crippen LogP contribution in [0.25, 0.3) is 10.1 Å². The number of amides is 1. The lowest BCUT2D eigenvalue weighted by Crippen LogP contribution is -2.51. The zero-order valence-electron chi connectivity index (χ0n) is 30.8. The van der Waals surface area contributed by atoms with Crippen molar-refractivity contribution in [1.82, 2.24) is 9.21 Å². The topological polar surface area (TPSA) is 122 Å². The third-order valence-electron chi connectivity index (χ3n) is 10.5. The molecule has 0 spiro atoms. The van der Waals surface area contributed by atoms with Crippen LogP contribution >= 0.6 is 11.3 Å². The minimum absolute atomic E-state index is 0.00581. The normalized spacial score (nSPS) is 24.5. The van der Waals surface area contributed by atoms with E-state index < -0.39 is 40.1 Å². The molecule has 8 rings (SSSR count). The molecule has 3 aromatic carbocycles. The van der Waals surface area contributed by atoms with Crippen LogP contribution in [-0.2, 0) is 42.0 Å². The van der Waals surface area contributed by atoms with E-state index in [2.05, 4.69) is 17.5 Å². The second kappa shape index (κ2) is 15.0. The summed E-state index contributed by atoms with van der Waals surface area (Å²) in [6, 6.07) is 20.2. The third-order valence-corrected chi connectivity index (χ3v) is 13.3. The minimum Gasteiger partial charge on any atom is -0.489 e. The van der Waals surface area contributed by atoms with Crippen LogP contribution in [0.1, 0.15) is 45.2 Å². The Morgan fingerprint density at radius 1 is 1.04 bits per heavy atom. The number of benzene rings is 3. The van der Waals surface area contributed by atoms with E-state index >= 15 is 0 Å². The molecule has 4 aliphatic rings. The molecule has 4 aromatic rings. The Bertz CT molecular complexity index is 2090. The van der Waals surface area contributed by atoms with Crippen LogP contribution in [0, 0.1) is 11.8 Å². The van der Waals surface area contributed by atoms with Crippen molar-refractivity contribution in [3.63, 3.8) is 0 Å². The van der Waals surface area contributed by atoms with Gasteiger partial charge in [0.1, 0.15) is 24.2 Å². The van der Waals surface area contributed by atoms with Gasteiger partial charge in [0.2, 0.25) is 16.8 Å². The fourth-order valence-electron chi connectivity index (χ4n) is 7.88. The van der Waals surface area contributed by atoms with Crippen molar-refractivity contribution < 1.29 is 46.4 Å². The van der Waals surface area contributed by atoms with Gasteiger partial charge in [-0.1, -0.05) is 44.2 Å². The number of thiophene rings is 1. The highest BCUT2D eigenvalue weighted by Crippen LogP contribution is 2.40. The van der Waals surface area contributed by atoms with E-state index in [0.717, 1.165) is 23.3 Å². The quantitative estimate of drug-likeness (QED) is 0.152. The van der Waals surface area contributed by atoms with Gasteiger partial charge in [-0.3, -0.25) is 4.90 Å². The van der Waals surface area contributed by atoms with E-state index in [-0.39, 0.29) is 49.5 Å². The van der Waals surface area contributed by atoms with Gasteiger partial charge in [0.25, 0.3) is 0 Å². The number of nitrogens with zero attached hydrogens (tertiary/aromatic N) is 2. The van der Waals surface area contributed by atoms with Gasteiger partial charge < -0.3 is 33.2 Å². The number of fused-ring (bicyclic) bond motifs is 3. The highest BCUT2D eigenvalue weighted by atomic mass is 32.2. The molecule has 0 saturated carbocycles. The van der Waals surface area contributed by atoms with E-state index in [1.54, 1.807) is 22.3 Å². The number of sulfonamides is 1. The van der Waals surface area contributed by atoms with E-state index in [1.165, 1.54) is 26.5 Å². The first-order valence-electron chi connectivity index (χ1n) is 18.4. The Morgan fingerprint density at radius 3 is 2.65 bits per heavy atom. The molecule has 4 aliphatic heterocycles. The van der Waals surface area contributed by atoms with Crippen molar-refractivity contribution in [2.45, 2.75) is 82.3 Å². The molecule has 1 aromatic heterocycles. The Hall–Kier alpha value is -3.92. The molecule has 0 unspecified atom stereocenters. The minimum atomic E-state index is -4.01. The summed E-state index contributed by atoms with van der Waals surface area (Å²) >= 11 is 1.70. The smallest absolute Gasteiger partial charge is 0.412 e. The Morgan fingerprint density at radius 2 is 1.83 bits per heavy atom. The van der Waals surface area contributed by atoms with Crippen molar-refractivity contribution in [3.8, 4) is 17.2 Å². The van der Waals surface area contributed by atoms with E-state index in [9.17, 15) is 13.2 Å². The average Bonchev–Trinajstić information content (AvgIpc) is 3.98. The van der Waals surface area contributed by atoms with E-state index in [1.807, 2.05) is 64.1 Å². The van der Waals surface area contributed by atoms with Gasteiger partial charge in [-0.05, 0) is 79.3 Å². The predicted octanol–water partition coefficient (Wildman–Crippen LogP) is 6.80. The standard InChI is InChI=1S/C40H46N2O10S2/c1-25(2)19-41(54(44,45)29-13-14-33-34(18-29)50-24-49-33)20-35-32(42(40(3,4)52-35)39(43)51-36-22-48-38-31(36)15-16-46-38)17-26-9-11-28(12-10-26)47-21-27-23-53-37-8-6-5-7-30(27)37/h5-14,18,23,25,31-32,35-36,38H,15-17,19-22,24H2,1-4H3/t31-,32-,35+,36-,38+/m0/s1. The lowest BCUT2D eigenvalue weighted by atomic mass is 9.99. The molecular weight excluding hydrogens is 733 g/mol. The zero-order valence-corrected chi connectivity index (χ0v) is 32.5. The molecule has 14 heteroatoms. The van der Waals surface area contributed by atoms with Crippen molar-refractivity contribution in [2.24, 2.45) is 11.8 Å². The van der Waals surface area contributed by atoms with Crippen molar-refractivity contribution in [1.29, 1.82) is 0 Å². The summed E-state index contributed by atoms with van der Waals surface area (Å²) in [6.45, 7) is 9.10. The zero-order chi connectivity index (χ0) is 37.6. The first-order valence-corrected chi connectivity index (χ1v) is 20.8. The third kappa shape index (κ3) is 7.39. The SMILES string of the molecule is CC(C)CN(C[C@H]1OC(C)(C)N(C(=O)O[C@H]2CO[C@H]3OCC[C@H]32)[C@H]1Cc1ccc(OCc2csc3ccccc23)cc1)S(=O)(=O)c1ccc2c(c1)OCO2. The van der Waals surface area contributed by atoms with Crippen LogP contribution < -0.4 is 14.2 Å². The number of carbonyl (C=O) groups is 1. The molecule has 0 radical (unpaired) electrons. The molecule has 0 bridgehead atoms. The van der Waals surface area contributed by atoms with Crippen LogP contribution in [0.2, 0.25) is 0 Å².